The van der Waals surface area contributed by atoms with Gasteiger partial charge in [-0.25, -0.2) is 4.39 Å². The first-order valence-corrected chi connectivity index (χ1v) is 10.7. The van der Waals surface area contributed by atoms with E-state index in [-0.39, 0.29) is 5.82 Å². The minimum Gasteiger partial charge on any atom is -0.381 e. The van der Waals surface area contributed by atoms with Crippen molar-refractivity contribution in [2.45, 2.75) is 39.2 Å². The Morgan fingerprint density at radius 1 is 1.04 bits per heavy atom. The molecule has 2 aromatic rings. The molecular formula is C24H34FN3. The molecule has 2 aromatic carbocycles. The number of hydrogen-bond donors (Lipinski definition) is 1. The fourth-order valence-electron chi connectivity index (χ4n) is 3.93. The van der Waals surface area contributed by atoms with Crippen molar-refractivity contribution in [3.05, 3.63) is 59.9 Å². The van der Waals surface area contributed by atoms with Gasteiger partial charge in [0.1, 0.15) is 5.82 Å². The minimum absolute atomic E-state index is 0.203. The van der Waals surface area contributed by atoms with E-state index in [4.69, 9.17) is 0 Å². The highest BCUT2D eigenvalue weighted by molar-refractivity contribution is 5.49. The van der Waals surface area contributed by atoms with Gasteiger partial charge in [0.2, 0.25) is 0 Å². The lowest BCUT2D eigenvalue weighted by molar-refractivity contribution is 0.246. The number of benzene rings is 2. The number of hydrogen-bond acceptors (Lipinski definition) is 3. The van der Waals surface area contributed by atoms with Gasteiger partial charge in [-0.05, 0) is 80.7 Å². The second kappa shape index (κ2) is 10.5. The highest BCUT2D eigenvalue weighted by Gasteiger charge is 2.20. The van der Waals surface area contributed by atoms with Crippen molar-refractivity contribution in [3.63, 3.8) is 0 Å². The molecule has 0 spiro atoms. The molecule has 0 amide bonds. The molecule has 28 heavy (non-hydrogen) atoms. The van der Waals surface area contributed by atoms with Crippen LogP contribution in [0.4, 0.5) is 15.8 Å². The molecular weight excluding hydrogens is 349 g/mol. The molecule has 1 aliphatic rings. The summed E-state index contributed by atoms with van der Waals surface area (Å²) < 4.78 is 13.0. The lowest BCUT2D eigenvalue weighted by atomic mass is 9.95. The van der Waals surface area contributed by atoms with Crippen LogP contribution in [0.25, 0.3) is 0 Å². The molecule has 1 fully saturated rings. The van der Waals surface area contributed by atoms with Crippen molar-refractivity contribution in [2.75, 3.05) is 43.4 Å². The third-order valence-electron chi connectivity index (χ3n) is 5.72. The highest BCUT2D eigenvalue weighted by atomic mass is 19.1. The van der Waals surface area contributed by atoms with Crippen molar-refractivity contribution in [2.24, 2.45) is 5.92 Å². The van der Waals surface area contributed by atoms with Crippen LogP contribution in [-0.4, -0.2) is 38.1 Å². The zero-order valence-corrected chi connectivity index (χ0v) is 17.3. The van der Waals surface area contributed by atoms with Gasteiger partial charge in [0.15, 0.2) is 0 Å². The number of piperidine rings is 1. The molecule has 1 N–H and O–H groups in total. The SMILES string of the molecule is CCCCN(C)CC1CCN(c2ccc(CNc3ccc(F)cc3)cc2)CC1. The second-order valence-corrected chi connectivity index (χ2v) is 8.07. The zero-order valence-electron chi connectivity index (χ0n) is 17.3. The molecule has 4 heteroatoms. The Balaban J connectivity index is 1.43. The van der Waals surface area contributed by atoms with Gasteiger partial charge in [0.25, 0.3) is 0 Å². The Morgan fingerprint density at radius 2 is 1.71 bits per heavy atom. The Bertz CT molecular complexity index is 691. The van der Waals surface area contributed by atoms with E-state index in [0.29, 0.717) is 0 Å². The Kier molecular flexibility index (Phi) is 7.72. The molecule has 0 saturated carbocycles. The van der Waals surface area contributed by atoms with Crippen molar-refractivity contribution in [1.29, 1.82) is 0 Å². The van der Waals surface area contributed by atoms with Gasteiger partial charge in [0, 0.05) is 37.6 Å². The van der Waals surface area contributed by atoms with Gasteiger partial charge in [-0.15, -0.1) is 0 Å². The number of rotatable bonds is 9. The van der Waals surface area contributed by atoms with Crippen LogP contribution < -0.4 is 10.2 Å². The van der Waals surface area contributed by atoms with Gasteiger partial charge in [-0.3, -0.25) is 0 Å². The molecule has 1 saturated heterocycles. The van der Waals surface area contributed by atoms with E-state index in [1.807, 2.05) is 0 Å². The highest BCUT2D eigenvalue weighted by Crippen LogP contribution is 2.24. The van der Waals surface area contributed by atoms with E-state index in [1.165, 1.54) is 62.2 Å². The standard InChI is InChI=1S/C24H34FN3/c1-3-4-15-27(2)19-21-13-16-28(17-14-21)24-11-5-20(6-12-24)18-26-23-9-7-22(25)8-10-23/h5-12,21,26H,3-4,13-19H2,1-2H3. The minimum atomic E-state index is -0.203. The summed E-state index contributed by atoms with van der Waals surface area (Å²) >= 11 is 0. The predicted molar refractivity (Wildman–Crippen MR) is 118 cm³/mol. The van der Waals surface area contributed by atoms with Crippen LogP contribution in [-0.2, 0) is 6.54 Å². The maximum Gasteiger partial charge on any atom is 0.123 e. The van der Waals surface area contributed by atoms with Crippen molar-refractivity contribution in [3.8, 4) is 0 Å². The van der Waals surface area contributed by atoms with E-state index in [1.54, 1.807) is 12.1 Å². The fourth-order valence-corrected chi connectivity index (χ4v) is 3.93. The van der Waals surface area contributed by atoms with Crippen LogP contribution in [0, 0.1) is 11.7 Å². The topological polar surface area (TPSA) is 18.5 Å². The van der Waals surface area contributed by atoms with Gasteiger partial charge < -0.3 is 15.1 Å². The van der Waals surface area contributed by atoms with Crippen molar-refractivity contribution >= 4 is 11.4 Å². The summed E-state index contributed by atoms with van der Waals surface area (Å²) in [6.45, 7) is 7.78. The van der Waals surface area contributed by atoms with Crippen LogP contribution in [0.15, 0.2) is 48.5 Å². The summed E-state index contributed by atoms with van der Waals surface area (Å²) in [7, 11) is 2.26. The number of anilines is 2. The first-order chi connectivity index (χ1) is 13.6. The summed E-state index contributed by atoms with van der Waals surface area (Å²) in [6, 6.07) is 15.4. The fraction of sp³-hybridized carbons (Fsp3) is 0.500. The third-order valence-corrected chi connectivity index (χ3v) is 5.72. The summed E-state index contributed by atoms with van der Waals surface area (Å²) in [6.07, 6.45) is 5.14. The van der Waals surface area contributed by atoms with Gasteiger partial charge in [0.05, 0.1) is 0 Å². The normalized spacial score (nSPS) is 15.2. The first-order valence-electron chi connectivity index (χ1n) is 10.7. The van der Waals surface area contributed by atoms with Crippen LogP contribution >= 0.6 is 0 Å². The molecule has 0 bridgehead atoms. The van der Waals surface area contributed by atoms with Gasteiger partial charge in [-0.1, -0.05) is 25.5 Å². The lowest BCUT2D eigenvalue weighted by Crippen LogP contribution is -2.38. The Morgan fingerprint density at radius 3 is 2.36 bits per heavy atom. The summed E-state index contributed by atoms with van der Waals surface area (Å²) in [5.74, 6) is 0.628. The van der Waals surface area contributed by atoms with Crippen LogP contribution in [0.2, 0.25) is 0 Å². The molecule has 1 aliphatic heterocycles. The number of halogens is 1. The van der Waals surface area contributed by atoms with E-state index in [2.05, 4.69) is 53.4 Å². The van der Waals surface area contributed by atoms with Gasteiger partial charge in [-0.2, -0.15) is 0 Å². The average molecular weight is 384 g/mol. The van der Waals surface area contributed by atoms with Crippen LogP contribution in [0.3, 0.4) is 0 Å². The Labute approximate surface area is 169 Å². The molecule has 0 radical (unpaired) electrons. The average Bonchev–Trinajstić information content (AvgIpc) is 2.73. The second-order valence-electron chi connectivity index (χ2n) is 8.07. The van der Waals surface area contributed by atoms with E-state index < -0.39 is 0 Å². The molecule has 1 heterocycles. The lowest BCUT2D eigenvalue weighted by Gasteiger charge is -2.35. The molecule has 0 unspecified atom stereocenters. The Hall–Kier alpha value is -2.07. The number of unbranched alkanes of at least 4 members (excludes halogenated alkanes) is 1. The quantitative estimate of drug-likeness (QED) is 0.627. The summed E-state index contributed by atoms with van der Waals surface area (Å²) in [4.78, 5) is 5.02. The van der Waals surface area contributed by atoms with Crippen LogP contribution in [0.5, 0.6) is 0 Å². The molecule has 0 aliphatic carbocycles. The van der Waals surface area contributed by atoms with E-state index >= 15 is 0 Å². The largest absolute Gasteiger partial charge is 0.381 e. The number of nitrogens with one attached hydrogen (secondary N) is 1. The zero-order chi connectivity index (χ0) is 19.8. The molecule has 0 aromatic heterocycles. The maximum atomic E-state index is 13.0. The van der Waals surface area contributed by atoms with Gasteiger partial charge >= 0.3 is 0 Å². The summed E-state index contributed by atoms with van der Waals surface area (Å²) in [5.41, 5.74) is 3.50. The monoisotopic (exact) mass is 383 g/mol. The molecule has 3 nitrogen and oxygen atoms in total. The maximum absolute atomic E-state index is 13.0. The molecule has 0 atom stereocenters. The predicted octanol–water partition coefficient (Wildman–Crippen LogP) is 5.39. The van der Waals surface area contributed by atoms with E-state index in [9.17, 15) is 4.39 Å². The van der Waals surface area contributed by atoms with Crippen molar-refractivity contribution < 1.29 is 4.39 Å². The third kappa shape index (κ3) is 6.23. The molecule has 3 rings (SSSR count). The van der Waals surface area contributed by atoms with Crippen LogP contribution in [0.1, 0.15) is 38.2 Å². The summed E-state index contributed by atoms with van der Waals surface area (Å²) in [5, 5.41) is 3.34. The number of nitrogens with zero attached hydrogens (tertiary/aromatic N) is 2. The van der Waals surface area contributed by atoms with E-state index in [0.717, 1.165) is 31.2 Å². The first kappa shape index (κ1) is 20.7. The molecule has 152 valence electrons. The smallest absolute Gasteiger partial charge is 0.123 e. The van der Waals surface area contributed by atoms with Crippen molar-refractivity contribution in [1.82, 2.24) is 4.90 Å².